The number of fused-ring (bicyclic) bond motifs is 1. The highest BCUT2D eigenvalue weighted by molar-refractivity contribution is 7.99. The quantitative estimate of drug-likeness (QED) is 0.309. The van der Waals surface area contributed by atoms with E-state index >= 15 is 0 Å². The molecule has 0 aliphatic rings. The predicted molar refractivity (Wildman–Crippen MR) is 100 cm³/mol. The van der Waals surface area contributed by atoms with Gasteiger partial charge in [0.05, 0.1) is 23.8 Å². The number of para-hydroxylation sites is 1. The van der Waals surface area contributed by atoms with Crippen LogP contribution in [0.3, 0.4) is 0 Å². The molecule has 0 spiro atoms. The smallest absolute Gasteiger partial charge is 0.325 e. The molecule has 1 aromatic carbocycles. The number of urea groups is 1. The Morgan fingerprint density at radius 1 is 1.33 bits per heavy atom. The first kappa shape index (κ1) is 20.2. The number of ether oxygens (including phenoxy) is 1. The maximum atomic E-state index is 12.7. The molecule has 27 heavy (non-hydrogen) atoms. The maximum absolute atomic E-state index is 12.7. The molecule has 0 unspecified atom stereocenters. The fraction of sp³-hybridized carbons (Fsp3) is 0.235. The summed E-state index contributed by atoms with van der Waals surface area (Å²) in [5, 5.41) is 5.07. The molecule has 0 aliphatic carbocycles. The van der Waals surface area contributed by atoms with Crippen molar-refractivity contribution in [2.45, 2.75) is 11.7 Å². The highest BCUT2D eigenvalue weighted by Crippen LogP contribution is 2.17. The summed E-state index contributed by atoms with van der Waals surface area (Å²) in [7, 11) is 1.21. The number of nitrogens with zero attached hydrogens (tertiary/aromatic N) is 2. The van der Waals surface area contributed by atoms with E-state index in [0.29, 0.717) is 10.9 Å². The standard InChI is InChI=1S/C17H18N4O5S/c1-3-8-18-16(25)20-13(22)10-27-17-19-12-7-5-4-6-11(12)15(24)21(17)9-14(23)26-2/h3-7H,1,8-10H2,2H3,(H2,18,20,22,25). The number of rotatable bonds is 7. The van der Waals surface area contributed by atoms with Gasteiger partial charge in [0.2, 0.25) is 5.91 Å². The van der Waals surface area contributed by atoms with Crippen LogP contribution in [0.25, 0.3) is 10.9 Å². The molecule has 2 N–H and O–H groups in total. The molecule has 1 heterocycles. The fourth-order valence-corrected chi connectivity index (χ4v) is 2.89. The number of imide groups is 1. The fourth-order valence-electron chi connectivity index (χ4n) is 2.09. The molecule has 9 nitrogen and oxygen atoms in total. The Morgan fingerprint density at radius 2 is 2.07 bits per heavy atom. The zero-order valence-corrected chi connectivity index (χ0v) is 15.4. The van der Waals surface area contributed by atoms with E-state index in [1.165, 1.54) is 13.2 Å². The number of methoxy groups -OCH3 is 1. The van der Waals surface area contributed by atoms with Crippen molar-refractivity contribution in [2.24, 2.45) is 0 Å². The van der Waals surface area contributed by atoms with E-state index in [2.05, 4.69) is 26.9 Å². The molecule has 0 bridgehead atoms. The summed E-state index contributed by atoms with van der Waals surface area (Å²) >= 11 is 0.934. The van der Waals surface area contributed by atoms with Crippen LogP contribution in [0.5, 0.6) is 0 Å². The average Bonchev–Trinajstić information content (AvgIpc) is 2.67. The van der Waals surface area contributed by atoms with E-state index in [4.69, 9.17) is 0 Å². The van der Waals surface area contributed by atoms with Gasteiger partial charge in [0.1, 0.15) is 6.54 Å². The first-order chi connectivity index (χ1) is 13.0. The number of amides is 3. The van der Waals surface area contributed by atoms with Crippen molar-refractivity contribution < 1.29 is 19.1 Å². The number of carbonyl (C=O) groups excluding carboxylic acids is 3. The summed E-state index contributed by atoms with van der Waals surface area (Å²) in [5.41, 5.74) is 0.0212. The number of thioether (sulfide) groups is 1. The zero-order valence-electron chi connectivity index (χ0n) is 14.6. The number of carbonyl (C=O) groups is 3. The van der Waals surface area contributed by atoms with Gasteiger partial charge in [0.15, 0.2) is 5.16 Å². The molecule has 3 amide bonds. The minimum absolute atomic E-state index is 0.172. The Kier molecular flexibility index (Phi) is 7.12. The second-order valence-corrected chi connectivity index (χ2v) is 6.16. The first-order valence-corrected chi connectivity index (χ1v) is 8.82. The molecular formula is C17H18N4O5S. The maximum Gasteiger partial charge on any atom is 0.325 e. The molecule has 2 aromatic rings. The molecular weight excluding hydrogens is 372 g/mol. The van der Waals surface area contributed by atoms with Crippen molar-refractivity contribution in [2.75, 3.05) is 19.4 Å². The second kappa shape index (κ2) is 9.53. The Hall–Kier alpha value is -3.14. The molecule has 142 valence electrons. The van der Waals surface area contributed by atoms with Gasteiger partial charge in [-0.3, -0.25) is 24.3 Å². The van der Waals surface area contributed by atoms with Gasteiger partial charge in [0, 0.05) is 6.54 Å². The van der Waals surface area contributed by atoms with Crippen LogP contribution in [0.15, 0.2) is 46.9 Å². The Balaban J connectivity index is 2.22. The lowest BCUT2D eigenvalue weighted by molar-refractivity contribution is -0.141. The molecule has 1 aromatic heterocycles. The summed E-state index contributed by atoms with van der Waals surface area (Å²) in [4.78, 5) is 52.0. The van der Waals surface area contributed by atoms with E-state index < -0.39 is 23.5 Å². The third-order valence-electron chi connectivity index (χ3n) is 3.33. The number of aromatic nitrogens is 2. The van der Waals surface area contributed by atoms with Crippen LogP contribution in [0.2, 0.25) is 0 Å². The molecule has 0 saturated heterocycles. The highest BCUT2D eigenvalue weighted by Gasteiger charge is 2.16. The molecule has 0 atom stereocenters. The monoisotopic (exact) mass is 390 g/mol. The van der Waals surface area contributed by atoms with Crippen molar-refractivity contribution in [3.8, 4) is 0 Å². The summed E-state index contributed by atoms with van der Waals surface area (Å²) in [6.07, 6.45) is 1.48. The second-order valence-electron chi connectivity index (χ2n) is 5.21. The summed E-state index contributed by atoms with van der Waals surface area (Å²) in [5.74, 6) is -1.37. The lowest BCUT2D eigenvalue weighted by Crippen LogP contribution is -2.40. The van der Waals surface area contributed by atoms with E-state index in [0.717, 1.165) is 16.3 Å². The van der Waals surface area contributed by atoms with E-state index in [9.17, 15) is 19.2 Å². The molecule has 0 aliphatic heterocycles. The first-order valence-electron chi connectivity index (χ1n) is 7.84. The molecule has 0 fully saturated rings. The van der Waals surface area contributed by atoms with Crippen LogP contribution in [0.4, 0.5) is 4.79 Å². The van der Waals surface area contributed by atoms with Crippen LogP contribution in [-0.2, 0) is 20.9 Å². The van der Waals surface area contributed by atoms with Gasteiger partial charge in [0.25, 0.3) is 5.56 Å². The third-order valence-corrected chi connectivity index (χ3v) is 4.31. The molecule has 2 rings (SSSR count). The van der Waals surface area contributed by atoms with Crippen molar-refractivity contribution in [3.63, 3.8) is 0 Å². The van der Waals surface area contributed by atoms with Crippen molar-refractivity contribution in [3.05, 3.63) is 47.3 Å². The van der Waals surface area contributed by atoms with Gasteiger partial charge in [-0.25, -0.2) is 9.78 Å². The lowest BCUT2D eigenvalue weighted by Gasteiger charge is -2.12. The van der Waals surface area contributed by atoms with Crippen LogP contribution >= 0.6 is 11.8 Å². The highest BCUT2D eigenvalue weighted by atomic mass is 32.2. The third kappa shape index (κ3) is 5.42. The normalized spacial score (nSPS) is 10.3. The minimum Gasteiger partial charge on any atom is -0.468 e. The van der Waals surface area contributed by atoms with Gasteiger partial charge in [-0.05, 0) is 12.1 Å². The van der Waals surface area contributed by atoms with E-state index in [-0.39, 0.29) is 24.0 Å². The summed E-state index contributed by atoms with van der Waals surface area (Å²) in [6, 6.07) is 6.02. The van der Waals surface area contributed by atoms with E-state index in [1.807, 2.05) is 0 Å². The van der Waals surface area contributed by atoms with Crippen LogP contribution < -0.4 is 16.2 Å². The van der Waals surface area contributed by atoms with Crippen molar-refractivity contribution in [1.29, 1.82) is 0 Å². The topological polar surface area (TPSA) is 119 Å². The van der Waals surface area contributed by atoms with Gasteiger partial charge in [-0.1, -0.05) is 30.0 Å². The van der Waals surface area contributed by atoms with Gasteiger partial charge >= 0.3 is 12.0 Å². The molecule has 0 radical (unpaired) electrons. The van der Waals surface area contributed by atoms with E-state index in [1.54, 1.807) is 24.3 Å². The Labute approximate surface area is 158 Å². The zero-order chi connectivity index (χ0) is 19.8. The predicted octanol–water partition coefficient (Wildman–Crippen LogP) is 0.673. The minimum atomic E-state index is -0.654. The Bertz CT molecular complexity index is 941. The van der Waals surface area contributed by atoms with Crippen LogP contribution in [0, 0.1) is 0 Å². The SMILES string of the molecule is C=CCNC(=O)NC(=O)CSc1nc2ccccc2c(=O)n1CC(=O)OC. The van der Waals surface area contributed by atoms with Crippen LogP contribution in [0.1, 0.15) is 0 Å². The number of benzene rings is 1. The summed E-state index contributed by atoms with van der Waals surface area (Å²) < 4.78 is 5.76. The van der Waals surface area contributed by atoms with Gasteiger partial charge < -0.3 is 10.1 Å². The number of nitrogens with one attached hydrogen (secondary N) is 2. The van der Waals surface area contributed by atoms with Crippen molar-refractivity contribution in [1.82, 2.24) is 20.2 Å². The average molecular weight is 390 g/mol. The number of esters is 1. The van der Waals surface area contributed by atoms with Crippen molar-refractivity contribution >= 4 is 40.6 Å². The van der Waals surface area contributed by atoms with Gasteiger partial charge in [-0.2, -0.15) is 0 Å². The summed E-state index contributed by atoms with van der Waals surface area (Å²) in [6.45, 7) is 3.33. The van der Waals surface area contributed by atoms with Crippen LogP contribution in [-0.4, -0.2) is 46.9 Å². The van der Waals surface area contributed by atoms with Gasteiger partial charge in [-0.15, -0.1) is 6.58 Å². The molecule has 10 heteroatoms. The lowest BCUT2D eigenvalue weighted by atomic mass is 10.2. The Morgan fingerprint density at radius 3 is 2.78 bits per heavy atom. The molecule has 0 saturated carbocycles. The number of hydrogen-bond acceptors (Lipinski definition) is 7. The largest absolute Gasteiger partial charge is 0.468 e. The number of hydrogen-bond donors (Lipinski definition) is 2.